The fraction of sp³-hybridized carbons (Fsp3) is 0.0571. The zero-order chi connectivity index (χ0) is 51.2. The van der Waals surface area contributed by atoms with Gasteiger partial charge in [-0.3, -0.25) is 4.99 Å². The highest BCUT2D eigenvalue weighted by Crippen LogP contribution is 2.41. The van der Waals surface area contributed by atoms with Crippen molar-refractivity contribution in [3.63, 3.8) is 0 Å². The number of hydrogen-bond donors (Lipinski definition) is 2. The smallest absolute Gasteiger partial charge is 0.0658 e. The number of nitrogens with two attached hydrogens (primary N) is 1. The number of nitrogen functional groups attached to an aromatic ring is 1. The zero-order valence-electron chi connectivity index (χ0n) is 42.1. The lowest BCUT2D eigenvalue weighted by atomic mass is 9.88. The number of benzene rings is 11. The van der Waals surface area contributed by atoms with Crippen LogP contribution in [-0.2, 0) is 6.42 Å². The molecule has 0 aliphatic carbocycles. The van der Waals surface area contributed by atoms with Gasteiger partial charge in [-0.15, -0.1) is 0 Å². The molecule has 0 fully saturated rings. The van der Waals surface area contributed by atoms with Crippen molar-refractivity contribution in [2.24, 2.45) is 4.99 Å². The summed E-state index contributed by atoms with van der Waals surface area (Å²) < 4.78 is 0. The van der Waals surface area contributed by atoms with Crippen LogP contribution in [-0.4, -0.2) is 13.4 Å². The average molecular weight is 946 g/mol. The molecule has 0 aliphatic rings. The Morgan fingerprint density at radius 2 is 0.699 bits per heavy atom. The van der Waals surface area contributed by atoms with E-state index in [0.717, 1.165) is 23.4 Å². The monoisotopic (exact) mass is 946 g/mol. The van der Waals surface area contributed by atoms with Crippen molar-refractivity contribution < 1.29 is 0 Å². The number of fused-ring (bicyclic) bond motifs is 2. The molecule has 11 aromatic carbocycles. The quantitative estimate of drug-likeness (QED) is 0.116. The van der Waals surface area contributed by atoms with Gasteiger partial charge in [0, 0.05) is 5.69 Å². The molecule has 0 atom stereocenters. The summed E-state index contributed by atoms with van der Waals surface area (Å²) in [5, 5.41) is 10.5. The maximum absolute atomic E-state index is 5.50. The Balaban J connectivity index is 0.000000278. The molecule has 11 rings (SSSR count). The average Bonchev–Trinajstić information content (AvgIpc) is 3.45. The first-order chi connectivity index (χ1) is 35.8. The van der Waals surface area contributed by atoms with E-state index < -0.39 is 0 Å². The van der Waals surface area contributed by atoms with Gasteiger partial charge in [0.15, 0.2) is 0 Å². The maximum Gasteiger partial charge on any atom is 0.0658 e. The molecule has 3 heteroatoms. The first-order valence-electron chi connectivity index (χ1n) is 24.6. The lowest BCUT2D eigenvalue weighted by Crippen LogP contribution is -1.90. The third kappa shape index (κ3) is 14.2. The van der Waals surface area contributed by atoms with E-state index in [9.17, 15) is 0 Å². The molecule has 0 amide bonds. The summed E-state index contributed by atoms with van der Waals surface area (Å²) in [7, 11) is 0. The fourth-order valence-corrected chi connectivity index (χ4v) is 8.60. The molecule has 358 valence electrons. The van der Waals surface area contributed by atoms with E-state index in [1.165, 1.54) is 88.3 Å². The molecule has 0 aromatic heterocycles. The van der Waals surface area contributed by atoms with Crippen molar-refractivity contribution in [1.82, 2.24) is 0 Å². The highest BCUT2D eigenvalue weighted by atomic mass is 14.7. The number of nitrogens with one attached hydrogen (secondary N) is 1. The van der Waals surface area contributed by atoms with Crippen molar-refractivity contribution in [1.29, 1.82) is 5.41 Å². The fourth-order valence-electron chi connectivity index (χ4n) is 8.60. The van der Waals surface area contributed by atoms with Crippen LogP contribution in [0.5, 0.6) is 0 Å². The molecule has 0 spiro atoms. The summed E-state index contributed by atoms with van der Waals surface area (Å²) in [5.41, 5.74) is 23.1. The van der Waals surface area contributed by atoms with Gasteiger partial charge in [0.05, 0.1) is 5.70 Å². The molecule has 73 heavy (non-hydrogen) atoms. The Labute approximate surface area is 432 Å². The van der Waals surface area contributed by atoms with Gasteiger partial charge in [0.2, 0.25) is 0 Å². The summed E-state index contributed by atoms with van der Waals surface area (Å²) in [6.45, 7) is 12.7. The highest BCUT2D eigenvalue weighted by Gasteiger charge is 2.14. The second-order valence-corrected chi connectivity index (χ2v) is 17.6. The van der Waals surface area contributed by atoms with Crippen LogP contribution in [0.3, 0.4) is 0 Å². The van der Waals surface area contributed by atoms with E-state index in [0.29, 0.717) is 0 Å². The molecule has 3 N–H and O–H groups in total. The van der Waals surface area contributed by atoms with Gasteiger partial charge in [-0.25, -0.2) is 0 Å². The molecule has 0 aliphatic heterocycles. The number of aliphatic imine (C=N–C) groups is 1. The molecule has 0 radical (unpaired) electrons. The number of nitrogens with zero attached hydrogens (tertiary/aromatic N) is 1. The molecule has 0 unspecified atom stereocenters. The van der Waals surface area contributed by atoms with Crippen LogP contribution in [0, 0.1) is 26.2 Å². The second-order valence-electron chi connectivity index (χ2n) is 17.6. The molecule has 0 saturated carbocycles. The Bertz CT molecular complexity index is 3370. The molecule has 0 saturated heterocycles. The third-order valence-corrected chi connectivity index (χ3v) is 12.4. The van der Waals surface area contributed by atoms with Crippen LogP contribution in [0.1, 0.15) is 27.8 Å². The van der Waals surface area contributed by atoms with Gasteiger partial charge in [0.1, 0.15) is 0 Å². The standard InChI is InChI=1S/C49H37N.2C7H8.C6H7N.CH3N/c1-34-16-21-38(22-17-34)41-29-31-47(45-14-8-6-12-43(41)45)48-32-30-42(44-13-7-9-15-46(44)48)39-25-27-40(28-26-39)49(50-2)33-20-35-18-23-37(24-19-35)36-10-4-3-5-11-36;2*1-7-5-3-2-4-6-7;7-6-4-2-1-3-5-6;1-2/h3-19,21-33H,2,20H2,1H3;2*2-6H,1H3;1-5H,7H2;2H,1H2/b49-33-;;;;. The minimum atomic E-state index is 0.790. The summed E-state index contributed by atoms with van der Waals surface area (Å²) in [5.74, 6) is 0. The van der Waals surface area contributed by atoms with E-state index in [1.807, 2.05) is 72.8 Å². The molecule has 0 heterocycles. The van der Waals surface area contributed by atoms with Gasteiger partial charge in [-0.2, -0.15) is 0 Å². The Morgan fingerprint density at radius 3 is 1.08 bits per heavy atom. The number of hydrogen-bond acceptors (Lipinski definition) is 3. The van der Waals surface area contributed by atoms with E-state index in [4.69, 9.17) is 11.1 Å². The van der Waals surface area contributed by atoms with Crippen LogP contribution in [0.15, 0.2) is 278 Å². The largest absolute Gasteiger partial charge is 0.399 e. The number of allylic oxidation sites excluding steroid dienone is 1. The van der Waals surface area contributed by atoms with E-state index in [1.54, 1.807) is 0 Å². The molecule has 0 bridgehead atoms. The van der Waals surface area contributed by atoms with Gasteiger partial charge >= 0.3 is 0 Å². The Kier molecular flexibility index (Phi) is 18.9. The van der Waals surface area contributed by atoms with Crippen LogP contribution < -0.4 is 5.73 Å². The van der Waals surface area contributed by atoms with E-state index in [-0.39, 0.29) is 0 Å². The first kappa shape index (κ1) is 51.7. The minimum absolute atomic E-state index is 0.790. The topological polar surface area (TPSA) is 62.2 Å². The molecular formula is C70H63N3. The predicted octanol–water partition coefficient (Wildman–Crippen LogP) is 18.8. The Hall–Kier alpha value is -9.18. The molecule has 11 aromatic rings. The SMILES string of the molecule is C=N.C=N/C(=C\Cc1ccc(-c2ccccc2)cc1)c1ccc(-c2ccc(-c3ccc(-c4ccc(C)cc4)c4ccccc34)c3ccccc23)cc1.Cc1ccccc1.Cc1ccccc1.Nc1ccccc1. The van der Waals surface area contributed by atoms with Gasteiger partial charge in [-0.1, -0.05) is 278 Å². The van der Waals surface area contributed by atoms with Crippen molar-refractivity contribution in [2.45, 2.75) is 27.2 Å². The van der Waals surface area contributed by atoms with E-state index in [2.05, 4.69) is 239 Å². The zero-order valence-corrected chi connectivity index (χ0v) is 42.1. The Morgan fingerprint density at radius 1 is 0.370 bits per heavy atom. The minimum Gasteiger partial charge on any atom is -0.399 e. The van der Waals surface area contributed by atoms with E-state index >= 15 is 0 Å². The predicted molar refractivity (Wildman–Crippen MR) is 319 cm³/mol. The highest BCUT2D eigenvalue weighted by molar-refractivity contribution is 6.12. The summed E-state index contributed by atoms with van der Waals surface area (Å²) in [4.78, 5) is 4.40. The first-order valence-corrected chi connectivity index (χ1v) is 24.6. The normalized spacial score (nSPS) is 10.5. The van der Waals surface area contributed by atoms with Gasteiger partial charge in [0.25, 0.3) is 0 Å². The summed E-state index contributed by atoms with van der Waals surface area (Å²) in [6, 6.07) is 93.5. The number of aryl methyl sites for hydroxylation is 3. The molecule has 3 nitrogen and oxygen atoms in total. The van der Waals surface area contributed by atoms with Crippen LogP contribution in [0.2, 0.25) is 0 Å². The van der Waals surface area contributed by atoms with Crippen LogP contribution in [0.4, 0.5) is 5.69 Å². The summed E-state index contributed by atoms with van der Waals surface area (Å²) >= 11 is 0. The number of rotatable bonds is 8. The lowest BCUT2D eigenvalue weighted by molar-refractivity contribution is 1.26. The van der Waals surface area contributed by atoms with Crippen molar-refractivity contribution in [3.8, 4) is 44.5 Å². The van der Waals surface area contributed by atoms with Crippen molar-refractivity contribution >= 4 is 46.4 Å². The second kappa shape index (κ2) is 26.7. The van der Waals surface area contributed by atoms with Crippen LogP contribution >= 0.6 is 0 Å². The number of para-hydroxylation sites is 1. The third-order valence-electron chi connectivity index (χ3n) is 12.4. The van der Waals surface area contributed by atoms with Crippen LogP contribution in [0.25, 0.3) is 71.7 Å². The van der Waals surface area contributed by atoms with Crippen molar-refractivity contribution in [2.75, 3.05) is 5.73 Å². The maximum atomic E-state index is 5.50. The van der Waals surface area contributed by atoms with Gasteiger partial charge in [-0.05, 0) is 130 Å². The summed E-state index contributed by atoms with van der Waals surface area (Å²) in [6.07, 6.45) is 2.95. The van der Waals surface area contributed by atoms with Gasteiger partial charge < -0.3 is 11.1 Å². The number of anilines is 1. The molecular weight excluding hydrogens is 883 g/mol. The lowest BCUT2D eigenvalue weighted by Gasteiger charge is -2.16. The van der Waals surface area contributed by atoms with Crippen molar-refractivity contribution in [3.05, 3.63) is 301 Å².